The summed E-state index contributed by atoms with van der Waals surface area (Å²) in [7, 11) is 0. The Kier molecular flexibility index (Phi) is 5.98. The van der Waals surface area contributed by atoms with Crippen LogP contribution in [0.3, 0.4) is 0 Å². The second-order valence-corrected chi connectivity index (χ2v) is 4.40. The minimum Gasteiger partial charge on any atom is -0.481 e. The van der Waals surface area contributed by atoms with E-state index in [4.69, 9.17) is 5.11 Å². The molecule has 1 N–H and O–H groups in total. The molecule has 98 valence electrons. The molecule has 0 aliphatic heterocycles. The highest BCUT2D eigenvalue weighted by atomic mass is 16.4. The van der Waals surface area contributed by atoms with Gasteiger partial charge in [0.05, 0.1) is 6.42 Å². The lowest BCUT2D eigenvalue weighted by molar-refractivity contribution is -0.136. The minimum atomic E-state index is -0.754. The fraction of sp³-hybridized carbons (Fsp3) is 0.400. The average molecular weight is 247 g/mol. The Morgan fingerprint density at radius 2 is 2.00 bits per heavy atom. The number of benzene rings is 1. The van der Waals surface area contributed by atoms with Crippen LogP contribution >= 0.6 is 0 Å². The molecule has 0 amide bonds. The fourth-order valence-electron chi connectivity index (χ4n) is 1.78. The van der Waals surface area contributed by atoms with Crippen molar-refractivity contribution in [1.82, 2.24) is 0 Å². The van der Waals surface area contributed by atoms with Gasteiger partial charge in [-0.2, -0.15) is 0 Å². The molecule has 0 atom stereocenters. The van der Waals surface area contributed by atoms with Crippen molar-refractivity contribution in [2.45, 2.75) is 26.2 Å². The lowest BCUT2D eigenvalue weighted by Gasteiger charge is -2.24. The number of unbranched alkanes of at least 4 members (excludes halogenated alkanes) is 1. The number of hydrogen-bond donors (Lipinski definition) is 1. The van der Waals surface area contributed by atoms with Crippen molar-refractivity contribution >= 4 is 11.7 Å². The Labute approximate surface area is 109 Å². The van der Waals surface area contributed by atoms with Gasteiger partial charge in [-0.05, 0) is 31.9 Å². The van der Waals surface area contributed by atoms with Gasteiger partial charge < -0.3 is 10.0 Å². The summed E-state index contributed by atoms with van der Waals surface area (Å²) in [5, 5.41) is 8.78. The van der Waals surface area contributed by atoms with Crippen molar-refractivity contribution in [2.75, 3.05) is 18.0 Å². The molecule has 0 saturated carbocycles. The summed E-state index contributed by atoms with van der Waals surface area (Å²) in [6.07, 6.45) is 4.01. The molecule has 1 rings (SSSR count). The van der Waals surface area contributed by atoms with E-state index in [1.54, 1.807) is 0 Å². The van der Waals surface area contributed by atoms with Crippen molar-refractivity contribution in [2.24, 2.45) is 0 Å². The third-order valence-electron chi connectivity index (χ3n) is 2.83. The van der Waals surface area contributed by atoms with Gasteiger partial charge in [0.2, 0.25) is 0 Å². The van der Waals surface area contributed by atoms with Crippen LogP contribution in [-0.2, 0) is 4.79 Å². The van der Waals surface area contributed by atoms with Gasteiger partial charge in [0.25, 0.3) is 0 Å². The highest BCUT2D eigenvalue weighted by Crippen LogP contribution is 2.16. The number of carboxylic acids is 1. The molecule has 3 nitrogen and oxygen atoms in total. The number of hydrogen-bond acceptors (Lipinski definition) is 2. The first-order chi connectivity index (χ1) is 8.63. The van der Waals surface area contributed by atoms with Crippen molar-refractivity contribution < 1.29 is 9.90 Å². The molecule has 0 bridgehead atoms. The maximum Gasteiger partial charge on any atom is 0.305 e. The van der Waals surface area contributed by atoms with Crippen LogP contribution in [-0.4, -0.2) is 24.2 Å². The van der Waals surface area contributed by atoms with Gasteiger partial charge in [-0.25, -0.2) is 0 Å². The molecule has 0 radical (unpaired) electrons. The summed E-state index contributed by atoms with van der Waals surface area (Å²) in [5.74, 6) is -0.754. The Morgan fingerprint density at radius 1 is 1.33 bits per heavy atom. The van der Waals surface area contributed by atoms with E-state index in [0.29, 0.717) is 6.54 Å². The molecule has 0 aliphatic carbocycles. The first kappa shape index (κ1) is 14.3. The quantitative estimate of drug-likeness (QED) is 0.566. The zero-order valence-corrected chi connectivity index (χ0v) is 10.9. The average Bonchev–Trinajstić information content (AvgIpc) is 2.34. The summed E-state index contributed by atoms with van der Waals surface area (Å²) >= 11 is 0. The van der Waals surface area contributed by atoms with Gasteiger partial charge >= 0.3 is 5.97 Å². The molecule has 0 spiro atoms. The Balaban J connectivity index is 2.65. The van der Waals surface area contributed by atoms with E-state index in [2.05, 4.69) is 23.6 Å². The summed E-state index contributed by atoms with van der Waals surface area (Å²) < 4.78 is 0. The molecular formula is C15H21NO2. The van der Waals surface area contributed by atoms with Crippen LogP contribution in [0.4, 0.5) is 5.69 Å². The number of aryl methyl sites for hydroxylation is 1. The summed E-state index contributed by atoms with van der Waals surface area (Å²) in [5.41, 5.74) is 2.30. The first-order valence-corrected chi connectivity index (χ1v) is 6.28. The zero-order chi connectivity index (χ0) is 13.4. The predicted octanol–water partition coefficient (Wildman–Crippen LogP) is 3.24. The molecule has 1 aromatic carbocycles. The number of aliphatic carboxylic acids is 1. The van der Waals surface area contributed by atoms with Crippen molar-refractivity contribution in [3.05, 3.63) is 42.5 Å². The summed E-state index contributed by atoms with van der Waals surface area (Å²) in [6, 6.07) is 8.20. The van der Waals surface area contributed by atoms with E-state index in [1.807, 2.05) is 25.1 Å². The van der Waals surface area contributed by atoms with Gasteiger partial charge in [0.1, 0.15) is 0 Å². The number of carboxylic acid groups (broad SMARTS) is 1. The Bertz CT molecular complexity index is 384. The molecule has 3 heteroatoms. The highest BCUT2D eigenvalue weighted by molar-refractivity contribution is 5.67. The largest absolute Gasteiger partial charge is 0.481 e. The standard InChI is InChI=1S/C15H21NO2/c1-3-4-5-11-16(12-10-15(17)18)14-8-6-13(2)7-9-14/h3,6-9H,1,4-5,10-12H2,2H3,(H,17,18). The first-order valence-electron chi connectivity index (χ1n) is 6.28. The maximum atomic E-state index is 10.7. The van der Waals surface area contributed by atoms with Crippen LogP contribution < -0.4 is 4.90 Å². The van der Waals surface area contributed by atoms with Crippen LogP contribution in [0.5, 0.6) is 0 Å². The summed E-state index contributed by atoms with van der Waals surface area (Å²) in [4.78, 5) is 12.8. The number of anilines is 1. The fourth-order valence-corrected chi connectivity index (χ4v) is 1.78. The normalized spacial score (nSPS) is 10.1. The predicted molar refractivity (Wildman–Crippen MR) is 75.1 cm³/mol. The van der Waals surface area contributed by atoms with E-state index in [0.717, 1.165) is 25.1 Å². The van der Waals surface area contributed by atoms with Crippen LogP contribution in [0.2, 0.25) is 0 Å². The van der Waals surface area contributed by atoms with Gasteiger partial charge in [0, 0.05) is 18.8 Å². The second-order valence-electron chi connectivity index (χ2n) is 4.40. The number of carbonyl (C=O) groups is 1. The molecule has 0 saturated heterocycles. The lowest BCUT2D eigenvalue weighted by Crippen LogP contribution is -2.27. The Morgan fingerprint density at radius 3 is 2.56 bits per heavy atom. The van der Waals surface area contributed by atoms with Gasteiger partial charge in [-0.1, -0.05) is 23.8 Å². The molecule has 0 aliphatic rings. The molecular weight excluding hydrogens is 226 g/mol. The van der Waals surface area contributed by atoms with Crippen LogP contribution in [0.1, 0.15) is 24.8 Å². The third kappa shape index (κ3) is 5.04. The minimum absolute atomic E-state index is 0.169. The maximum absolute atomic E-state index is 10.7. The van der Waals surface area contributed by atoms with Crippen LogP contribution in [0.15, 0.2) is 36.9 Å². The molecule has 0 aromatic heterocycles. The number of rotatable bonds is 8. The number of nitrogens with zero attached hydrogens (tertiary/aromatic N) is 1. The molecule has 0 unspecified atom stereocenters. The zero-order valence-electron chi connectivity index (χ0n) is 10.9. The topological polar surface area (TPSA) is 40.5 Å². The van der Waals surface area contributed by atoms with E-state index < -0.39 is 5.97 Å². The lowest BCUT2D eigenvalue weighted by atomic mass is 10.2. The van der Waals surface area contributed by atoms with Gasteiger partial charge in [-0.3, -0.25) is 4.79 Å². The van der Waals surface area contributed by atoms with Crippen molar-refractivity contribution in [1.29, 1.82) is 0 Å². The molecule has 1 aromatic rings. The summed E-state index contributed by atoms with van der Waals surface area (Å²) in [6.45, 7) is 7.16. The van der Waals surface area contributed by atoms with E-state index in [1.165, 1.54) is 5.56 Å². The van der Waals surface area contributed by atoms with Gasteiger partial charge in [0.15, 0.2) is 0 Å². The van der Waals surface area contributed by atoms with Gasteiger partial charge in [-0.15, -0.1) is 6.58 Å². The Hall–Kier alpha value is -1.77. The van der Waals surface area contributed by atoms with Crippen molar-refractivity contribution in [3.8, 4) is 0 Å². The molecule has 0 fully saturated rings. The third-order valence-corrected chi connectivity index (χ3v) is 2.83. The van der Waals surface area contributed by atoms with Crippen LogP contribution in [0, 0.1) is 6.92 Å². The van der Waals surface area contributed by atoms with Crippen molar-refractivity contribution in [3.63, 3.8) is 0 Å². The van der Waals surface area contributed by atoms with E-state index in [9.17, 15) is 4.79 Å². The van der Waals surface area contributed by atoms with Crippen LogP contribution in [0.25, 0.3) is 0 Å². The number of allylic oxidation sites excluding steroid dienone is 1. The monoisotopic (exact) mass is 247 g/mol. The van der Waals surface area contributed by atoms with E-state index in [-0.39, 0.29) is 6.42 Å². The highest BCUT2D eigenvalue weighted by Gasteiger charge is 2.08. The molecule has 18 heavy (non-hydrogen) atoms. The smallest absolute Gasteiger partial charge is 0.305 e. The second kappa shape index (κ2) is 7.54. The SMILES string of the molecule is C=CCCCN(CCC(=O)O)c1ccc(C)cc1. The molecule has 0 heterocycles. The van der Waals surface area contributed by atoms with E-state index >= 15 is 0 Å².